The number of hydrogen-bond donors (Lipinski definition) is 0. The Labute approximate surface area is 185 Å². The molecule has 0 aromatic heterocycles. The fourth-order valence-corrected chi connectivity index (χ4v) is 5.66. The Kier molecular flexibility index (Phi) is 10.5. The highest BCUT2D eigenvalue weighted by Crippen LogP contribution is 2.41. The molecule has 0 unspecified atom stereocenters. The number of benzene rings is 2. The molecule has 0 spiro atoms. The lowest BCUT2D eigenvalue weighted by atomic mass is 10.0. The molecule has 0 saturated carbocycles. The van der Waals surface area contributed by atoms with Crippen molar-refractivity contribution in [1.82, 2.24) is 4.90 Å². The molecule has 1 nitrogen and oxygen atoms in total. The smallest absolute Gasteiger partial charge is 0.147 e. The van der Waals surface area contributed by atoms with Crippen molar-refractivity contribution in [3.8, 4) is 0 Å². The predicted molar refractivity (Wildman–Crippen MR) is 133 cm³/mol. The summed E-state index contributed by atoms with van der Waals surface area (Å²) in [6, 6.07) is 21.2. The van der Waals surface area contributed by atoms with E-state index in [1.165, 1.54) is 43.2 Å². The van der Waals surface area contributed by atoms with Gasteiger partial charge in [-0.15, -0.1) is 0 Å². The number of nitrogens with zero attached hydrogens (tertiary/aromatic N) is 1. The van der Waals surface area contributed by atoms with E-state index in [4.69, 9.17) is 12.2 Å². The number of hydrogen-bond acceptors (Lipinski definition) is 3. The molecule has 152 valence electrons. The highest BCUT2D eigenvalue weighted by atomic mass is 33.1. The molecule has 2 rings (SSSR count). The molecule has 0 aliphatic heterocycles. The van der Waals surface area contributed by atoms with E-state index in [9.17, 15) is 0 Å². The van der Waals surface area contributed by atoms with Crippen LogP contribution in [0.4, 0.5) is 0 Å². The van der Waals surface area contributed by atoms with Crippen molar-refractivity contribution in [2.24, 2.45) is 0 Å². The second-order valence-corrected chi connectivity index (χ2v) is 11.3. The SMILES string of the molecule is CCCCCCC(C)(C)SSC(=S)N(Cc1ccccc1)Cc1ccccc1. The van der Waals surface area contributed by atoms with E-state index < -0.39 is 0 Å². The maximum absolute atomic E-state index is 5.86. The zero-order valence-electron chi connectivity index (χ0n) is 17.4. The molecule has 0 aliphatic rings. The summed E-state index contributed by atoms with van der Waals surface area (Å²) in [4.78, 5) is 2.32. The van der Waals surface area contributed by atoms with Crippen LogP contribution in [-0.2, 0) is 13.1 Å². The summed E-state index contributed by atoms with van der Waals surface area (Å²) in [6.07, 6.45) is 6.52. The van der Waals surface area contributed by atoms with Crippen molar-refractivity contribution >= 4 is 38.1 Å². The summed E-state index contributed by atoms with van der Waals surface area (Å²) in [5.74, 6) is 0. The van der Waals surface area contributed by atoms with Crippen molar-refractivity contribution in [3.63, 3.8) is 0 Å². The maximum Gasteiger partial charge on any atom is 0.147 e. The summed E-state index contributed by atoms with van der Waals surface area (Å²) in [5, 5.41) is 0. The van der Waals surface area contributed by atoms with Crippen LogP contribution in [-0.4, -0.2) is 14.0 Å². The average molecular weight is 432 g/mol. The summed E-state index contributed by atoms with van der Waals surface area (Å²) in [6.45, 7) is 8.65. The average Bonchev–Trinajstić information content (AvgIpc) is 2.71. The van der Waals surface area contributed by atoms with Crippen molar-refractivity contribution in [2.75, 3.05) is 0 Å². The number of rotatable bonds is 11. The van der Waals surface area contributed by atoms with E-state index >= 15 is 0 Å². The minimum absolute atomic E-state index is 0.244. The van der Waals surface area contributed by atoms with E-state index in [1.807, 2.05) is 10.8 Å². The first-order valence-electron chi connectivity index (χ1n) is 10.2. The third-order valence-electron chi connectivity index (χ3n) is 4.66. The summed E-state index contributed by atoms with van der Waals surface area (Å²) < 4.78 is 1.22. The zero-order chi connectivity index (χ0) is 20.2. The first kappa shape index (κ1) is 23.3. The van der Waals surface area contributed by atoms with Gasteiger partial charge in [0.25, 0.3) is 0 Å². The molecular weight excluding hydrogens is 398 g/mol. The highest BCUT2D eigenvalue weighted by Gasteiger charge is 2.21. The summed E-state index contributed by atoms with van der Waals surface area (Å²) in [7, 11) is 3.70. The lowest BCUT2D eigenvalue weighted by Gasteiger charge is -2.28. The molecule has 0 fully saturated rings. The van der Waals surface area contributed by atoms with Crippen LogP contribution in [0.2, 0.25) is 0 Å². The maximum atomic E-state index is 5.86. The van der Waals surface area contributed by atoms with Gasteiger partial charge in [0.05, 0.1) is 0 Å². The number of unbranched alkanes of at least 4 members (excludes halogenated alkanes) is 3. The van der Waals surface area contributed by atoms with E-state index in [0.717, 1.165) is 17.4 Å². The minimum Gasteiger partial charge on any atom is -0.348 e. The second-order valence-electron chi connectivity index (χ2n) is 7.83. The first-order chi connectivity index (χ1) is 13.5. The van der Waals surface area contributed by atoms with Crippen LogP contribution in [0.15, 0.2) is 60.7 Å². The Morgan fingerprint density at radius 3 is 1.89 bits per heavy atom. The Hall–Kier alpha value is -0.970. The molecule has 0 heterocycles. The van der Waals surface area contributed by atoms with Crippen LogP contribution in [0.3, 0.4) is 0 Å². The fourth-order valence-electron chi connectivity index (χ4n) is 3.01. The van der Waals surface area contributed by atoms with E-state index in [-0.39, 0.29) is 4.75 Å². The van der Waals surface area contributed by atoms with E-state index in [1.54, 1.807) is 10.8 Å². The van der Waals surface area contributed by atoms with Gasteiger partial charge < -0.3 is 4.90 Å². The minimum atomic E-state index is 0.244. The molecule has 0 aliphatic carbocycles. The Bertz CT molecular complexity index is 644. The van der Waals surface area contributed by atoms with Crippen LogP contribution < -0.4 is 0 Å². The summed E-state index contributed by atoms with van der Waals surface area (Å²) >= 11 is 5.86. The van der Waals surface area contributed by atoms with E-state index in [2.05, 4.69) is 86.3 Å². The van der Waals surface area contributed by atoms with Gasteiger partial charge in [0.15, 0.2) is 0 Å². The largest absolute Gasteiger partial charge is 0.348 e. The standard InChI is InChI=1S/C24H33NS3/c1-4-5-6-13-18-24(2,3)28-27-23(26)25(19-21-14-9-7-10-15-21)20-22-16-11-8-12-17-22/h7-12,14-17H,4-6,13,18-20H2,1-3H3. The van der Waals surface area contributed by atoms with Gasteiger partial charge >= 0.3 is 0 Å². The molecular formula is C24H33NS3. The van der Waals surface area contributed by atoms with Gasteiger partial charge in [0, 0.05) is 17.8 Å². The van der Waals surface area contributed by atoms with E-state index in [0.29, 0.717) is 0 Å². The third-order valence-corrected chi connectivity index (χ3v) is 8.70. The van der Waals surface area contributed by atoms with Crippen molar-refractivity contribution in [3.05, 3.63) is 71.8 Å². The van der Waals surface area contributed by atoms with Gasteiger partial charge in [-0.2, -0.15) is 0 Å². The molecule has 4 heteroatoms. The first-order valence-corrected chi connectivity index (χ1v) is 12.8. The second kappa shape index (κ2) is 12.6. The predicted octanol–water partition coefficient (Wildman–Crippen LogP) is 8.10. The van der Waals surface area contributed by atoms with Gasteiger partial charge in [-0.3, -0.25) is 0 Å². The zero-order valence-corrected chi connectivity index (χ0v) is 19.8. The molecule has 2 aromatic rings. The van der Waals surface area contributed by atoms with Crippen LogP contribution in [0.1, 0.15) is 64.0 Å². The van der Waals surface area contributed by atoms with Gasteiger partial charge in [-0.1, -0.05) is 116 Å². The highest BCUT2D eigenvalue weighted by molar-refractivity contribution is 8.84. The van der Waals surface area contributed by atoms with Crippen LogP contribution in [0, 0.1) is 0 Å². The van der Waals surface area contributed by atoms with Crippen molar-refractivity contribution in [2.45, 2.75) is 70.7 Å². The van der Waals surface area contributed by atoms with Gasteiger partial charge in [-0.05, 0) is 42.2 Å². The molecule has 0 radical (unpaired) electrons. The van der Waals surface area contributed by atoms with Crippen LogP contribution in [0.5, 0.6) is 0 Å². The van der Waals surface area contributed by atoms with Gasteiger partial charge in [0.2, 0.25) is 0 Å². The monoisotopic (exact) mass is 431 g/mol. The molecule has 0 N–H and O–H groups in total. The Morgan fingerprint density at radius 1 is 0.857 bits per heavy atom. The van der Waals surface area contributed by atoms with Crippen molar-refractivity contribution in [1.29, 1.82) is 0 Å². The van der Waals surface area contributed by atoms with Gasteiger partial charge in [-0.25, -0.2) is 0 Å². The Balaban J connectivity index is 1.96. The summed E-state index contributed by atoms with van der Waals surface area (Å²) in [5.41, 5.74) is 2.59. The number of thiocarbonyl (C=S) groups is 1. The van der Waals surface area contributed by atoms with Crippen LogP contribution in [0.25, 0.3) is 0 Å². The molecule has 28 heavy (non-hydrogen) atoms. The molecule has 2 aromatic carbocycles. The normalized spacial score (nSPS) is 11.4. The topological polar surface area (TPSA) is 3.24 Å². The quantitative estimate of drug-likeness (QED) is 0.201. The molecule has 0 bridgehead atoms. The lowest BCUT2D eigenvalue weighted by Crippen LogP contribution is -2.26. The fraction of sp³-hybridized carbons (Fsp3) is 0.458. The lowest BCUT2D eigenvalue weighted by molar-refractivity contribution is 0.421. The third kappa shape index (κ3) is 9.02. The van der Waals surface area contributed by atoms with Crippen molar-refractivity contribution < 1.29 is 0 Å². The Morgan fingerprint density at radius 2 is 1.39 bits per heavy atom. The van der Waals surface area contributed by atoms with Crippen LogP contribution >= 0.6 is 33.8 Å². The molecule has 0 amide bonds. The van der Waals surface area contributed by atoms with Gasteiger partial charge in [0.1, 0.15) is 4.32 Å². The molecule has 0 atom stereocenters. The molecule has 0 saturated heterocycles.